The Hall–Kier alpha value is -1.29. The Morgan fingerprint density at radius 3 is 2.58 bits per heavy atom. The number of benzene rings is 1. The minimum absolute atomic E-state index is 0.175. The van der Waals surface area contributed by atoms with Gasteiger partial charge in [-0.2, -0.15) is 0 Å². The number of nitrogens with zero attached hydrogens (tertiary/aromatic N) is 1. The fraction of sp³-hybridized carbons (Fsp3) is 0.0769. The van der Waals surface area contributed by atoms with Crippen molar-refractivity contribution in [1.29, 1.82) is 0 Å². The smallest absolute Gasteiger partial charge is 0.338 e. The van der Waals surface area contributed by atoms with Crippen LogP contribution >= 0.6 is 34.8 Å². The highest BCUT2D eigenvalue weighted by molar-refractivity contribution is 6.35. The standard InChI is InChI=1S/C13H8Cl3NO2/c1-19-13(18)7-4-11(17-12(16)5-7)9-6-8(14)2-3-10(9)15/h2-6H,1H3. The van der Waals surface area contributed by atoms with E-state index in [0.717, 1.165) is 0 Å². The van der Waals surface area contributed by atoms with Crippen LogP contribution < -0.4 is 0 Å². The largest absolute Gasteiger partial charge is 0.465 e. The van der Waals surface area contributed by atoms with Gasteiger partial charge >= 0.3 is 5.97 Å². The molecule has 1 aromatic heterocycles. The number of rotatable bonds is 2. The van der Waals surface area contributed by atoms with Crippen molar-refractivity contribution in [2.75, 3.05) is 7.11 Å². The zero-order valence-electron chi connectivity index (χ0n) is 9.78. The van der Waals surface area contributed by atoms with Crippen LogP contribution in [0.1, 0.15) is 10.4 Å². The molecule has 1 heterocycles. The predicted octanol–water partition coefficient (Wildman–Crippen LogP) is 4.50. The summed E-state index contributed by atoms with van der Waals surface area (Å²) < 4.78 is 4.65. The molecule has 0 fully saturated rings. The second-order valence-electron chi connectivity index (χ2n) is 3.68. The van der Waals surface area contributed by atoms with E-state index in [0.29, 0.717) is 26.9 Å². The summed E-state index contributed by atoms with van der Waals surface area (Å²) in [6, 6.07) is 7.95. The first-order valence-corrected chi connectivity index (χ1v) is 6.36. The van der Waals surface area contributed by atoms with Gasteiger partial charge in [-0.3, -0.25) is 0 Å². The van der Waals surface area contributed by atoms with Crippen molar-refractivity contribution in [2.24, 2.45) is 0 Å². The van der Waals surface area contributed by atoms with Crippen molar-refractivity contribution in [3.8, 4) is 11.3 Å². The summed E-state index contributed by atoms with van der Waals surface area (Å²) in [6.07, 6.45) is 0. The van der Waals surface area contributed by atoms with E-state index in [1.165, 1.54) is 13.2 Å². The third kappa shape index (κ3) is 3.18. The molecule has 0 unspecified atom stereocenters. The normalized spacial score (nSPS) is 10.3. The lowest BCUT2D eigenvalue weighted by atomic mass is 10.1. The number of aromatic nitrogens is 1. The number of carbonyl (C=O) groups excluding carboxylic acids is 1. The van der Waals surface area contributed by atoms with E-state index in [1.807, 2.05) is 0 Å². The molecule has 0 aliphatic rings. The number of ether oxygens (including phenoxy) is 1. The molecule has 98 valence electrons. The fourth-order valence-corrected chi connectivity index (χ4v) is 2.16. The molecule has 0 amide bonds. The molecule has 19 heavy (non-hydrogen) atoms. The number of pyridine rings is 1. The maximum Gasteiger partial charge on any atom is 0.338 e. The molecular formula is C13H8Cl3NO2. The molecule has 1 aromatic carbocycles. The number of carbonyl (C=O) groups is 1. The second kappa shape index (κ2) is 5.78. The van der Waals surface area contributed by atoms with E-state index in [2.05, 4.69) is 9.72 Å². The van der Waals surface area contributed by atoms with Gasteiger partial charge in [0.15, 0.2) is 0 Å². The lowest BCUT2D eigenvalue weighted by Crippen LogP contribution is -2.02. The van der Waals surface area contributed by atoms with Gasteiger partial charge in [0.25, 0.3) is 0 Å². The molecule has 0 bridgehead atoms. The van der Waals surface area contributed by atoms with Crippen LogP contribution in [0.4, 0.5) is 0 Å². The Labute approximate surface area is 125 Å². The summed E-state index contributed by atoms with van der Waals surface area (Å²) in [5, 5.41) is 1.16. The lowest BCUT2D eigenvalue weighted by Gasteiger charge is -2.07. The molecule has 0 atom stereocenters. The molecule has 0 spiro atoms. The third-order valence-corrected chi connectivity index (χ3v) is 3.18. The molecule has 0 N–H and O–H groups in total. The molecule has 0 radical (unpaired) electrons. The van der Waals surface area contributed by atoms with Crippen LogP contribution in [-0.4, -0.2) is 18.1 Å². The summed E-state index contributed by atoms with van der Waals surface area (Å²) in [5.41, 5.74) is 1.36. The first-order chi connectivity index (χ1) is 9.01. The van der Waals surface area contributed by atoms with Gasteiger partial charge in [-0.25, -0.2) is 9.78 Å². The van der Waals surface area contributed by atoms with E-state index in [-0.39, 0.29) is 5.15 Å². The summed E-state index contributed by atoms with van der Waals surface area (Å²) >= 11 is 17.9. The number of esters is 1. The van der Waals surface area contributed by atoms with Gasteiger partial charge in [-0.1, -0.05) is 34.8 Å². The zero-order valence-corrected chi connectivity index (χ0v) is 12.1. The van der Waals surface area contributed by atoms with Gasteiger partial charge in [-0.15, -0.1) is 0 Å². The van der Waals surface area contributed by atoms with E-state index in [9.17, 15) is 4.79 Å². The highest BCUT2D eigenvalue weighted by Crippen LogP contribution is 2.30. The lowest BCUT2D eigenvalue weighted by molar-refractivity contribution is 0.0600. The average Bonchev–Trinajstić information content (AvgIpc) is 2.39. The Kier molecular flexibility index (Phi) is 4.30. The SMILES string of the molecule is COC(=O)c1cc(Cl)nc(-c2cc(Cl)ccc2Cl)c1. The number of hydrogen-bond donors (Lipinski definition) is 0. The van der Waals surface area contributed by atoms with Gasteiger partial charge in [-0.05, 0) is 30.3 Å². The molecule has 0 aliphatic carbocycles. The molecule has 0 saturated heterocycles. The first kappa shape index (κ1) is 14.1. The molecule has 0 aliphatic heterocycles. The maximum absolute atomic E-state index is 11.5. The van der Waals surface area contributed by atoms with Gasteiger partial charge in [0.05, 0.1) is 23.4 Å². The van der Waals surface area contributed by atoms with Crippen LogP contribution in [0.3, 0.4) is 0 Å². The molecule has 6 heteroatoms. The Morgan fingerprint density at radius 1 is 1.16 bits per heavy atom. The van der Waals surface area contributed by atoms with E-state index in [1.54, 1.807) is 24.3 Å². The number of methoxy groups -OCH3 is 1. The van der Waals surface area contributed by atoms with Crippen molar-refractivity contribution in [3.05, 3.63) is 51.1 Å². The summed E-state index contributed by atoms with van der Waals surface area (Å²) in [7, 11) is 1.29. The molecule has 3 nitrogen and oxygen atoms in total. The molecular weight excluding hydrogens is 309 g/mol. The predicted molar refractivity (Wildman–Crippen MR) is 76.0 cm³/mol. The monoisotopic (exact) mass is 315 g/mol. The topological polar surface area (TPSA) is 39.2 Å². The van der Waals surface area contributed by atoms with Gasteiger partial charge in [0.2, 0.25) is 0 Å². The van der Waals surface area contributed by atoms with Crippen molar-refractivity contribution < 1.29 is 9.53 Å². The molecule has 2 rings (SSSR count). The molecule has 0 saturated carbocycles. The number of halogens is 3. The van der Waals surface area contributed by atoms with E-state index >= 15 is 0 Å². The Morgan fingerprint density at radius 2 is 1.89 bits per heavy atom. The van der Waals surface area contributed by atoms with Crippen molar-refractivity contribution >= 4 is 40.8 Å². The van der Waals surface area contributed by atoms with Crippen molar-refractivity contribution in [1.82, 2.24) is 4.98 Å². The van der Waals surface area contributed by atoms with Gasteiger partial charge in [0, 0.05) is 10.6 Å². The quantitative estimate of drug-likeness (QED) is 0.605. The van der Waals surface area contributed by atoms with Crippen LogP contribution in [0.15, 0.2) is 30.3 Å². The van der Waals surface area contributed by atoms with Crippen LogP contribution in [0.5, 0.6) is 0 Å². The Bertz CT molecular complexity index is 644. The number of hydrogen-bond acceptors (Lipinski definition) is 3. The van der Waals surface area contributed by atoms with Crippen molar-refractivity contribution in [2.45, 2.75) is 0 Å². The van der Waals surface area contributed by atoms with Gasteiger partial charge in [0.1, 0.15) is 5.15 Å². The zero-order chi connectivity index (χ0) is 14.0. The summed E-state index contributed by atoms with van der Waals surface area (Å²) in [6.45, 7) is 0. The van der Waals surface area contributed by atoms with Crippen molar-refractivity contribution in [3.63, 3.8) is 0 Å². The maximum atomic E-state index is 11.5. The second-order valence-corrected chi connectivity index (χ2v) is 4.91. The summed E-state index contributed by atoms with van der Waals surface area (Å²) in [4.78, 5) is 15.7. The van der Waals surface area contributed by atoms with Crippen LogP contribution in [0, 0.1) is 0 Å². The Balaban J connectivity index is 2.59. The molecule has 2 aromatic rings. The minimum atomic E-state index is -0.497. The van der Waals surface area contributed by atoms with Crippen LogP contribution in [0.2, 0.25) is 15.2 Å². The first-order valence-electron chi connectivity index (χ1n) is 5.22. The summed E-state index contributed by atoms with van der Waals surface area (Å²) in [5.74, 6) is -0.497. The van der Waals surface area contributed by atoms with Crippen LogP contribution in [-0.2, 0) is 4.74 Å². The average molecular weight is 317 g/mol. The van der Waals surface area contributed by atoms with Crippen LogP contribution in [0.25, 0.3) is 11.3 Å². The third-order valence-electron chi connectivity index (χ3n) is 2.42. The van der Waals surface area contributed by atoms with Gasteiger partial charge < -0.3 is 4.74 Å². The fourth-order valence-electron chi connectivity index (χ4n) is 1.56. The highest BCUT2D eigenvalue weighted by Gasteiger charge is 2.13. The van der Waals surface area contributed by atoms with E-state index in [4.69, 9.17) is 34.8 Å². The highest BCUT2D eigenvalue weighted by atomic mass is 35.5. The minimum Gasteiger partial charge on any atom is -0.465 e. The van der Waals surface area contributed by atoms with E-state index < -0.39 is 5.97 Å².